The van der Waals surface area contributed by atoms with Gasteiger partial charge in [-0.3, -0.25) is 28.8 Å². The second kappa shape index (κ2) is 125. The monoisotopic (exact) mass is 2130 g/mol. The zero-order valence-electron chi connectivity index (χ0n) is 90.4. The van der Waals surface area contributed by atoms with Crippen LogP contribution in [0.15, 0.2) is 0 Å². The highest BCUT2D eigenvalue weighted by molar-refractivity contribution is 7.99. The first-order valence-corrected chi connectivity index (χ1v) is 56.3. The maximum absolute atomic E-state index is 13.1. The molecule has 40 nitrogen and oxygen atoms in total. The molecule has 0 radical (unpaired) electrons. The summed E-state index contributed by atoms with van der Waals surface area (Å²) in [5.41, 5.74) is 11.3. The molecular formula is C105H203N3O37S. The number of primary amides is 1. The number of aliphatic hydroxyl groups is 1. The largest absolute Gasteiger partial charge is 0.466 e. The van der Waals surface area contributed by atoms with Crippen LogP contribution in [0.5, 0.6) is 0 Å². The zero-order valence-corrected chi connectivity index (χ0v) is 91.2. The average Bonchev–Trinajstić information content (AvgIpc) is 0.906. The van der Waals surface area contributed by atoms with E-state index in [0.29, 0.717) is 401 Å². The summed E-state index contributed by atoms with van der Waals surface area (Å²) in [6.07, 6.45) is 33.2. The summed E-state index contributed by atoms with van der Waals surface area (Å²) in [5.74, 6) is -1.43. The molecule has 0 saturated heterocycles. The predicted octanol–water partition coefficient (Wildman–Crippen LogP) is 10.4. The van der Waals surface area contributed by atoms with E-state index in [1.165, 1.54) is 140 Å². The normalized spacial score (nSPS) is 12.3. The third-order valence-corrected chi connectivity index (χ3v) is 22.9. The second-order valence-electron chi connectivity index (χ2n) is 34.5. The van der Waals surface area contributed by atoms with Gasteiger partial charge in [-0.2, -0.15) is 11.8 Å². The molecule has 6 N–H and O–H groups in total. The molecule has 0 aliphatic rings. The van der Waals surface area contributed by atoms with Crippen molar-refractivity contribution in [1.29, 1.82) is 0 Å². The number of rotatable bonds is 131. The van der Waals surface area contributed by atoms with Gasteiger partial charge in [-0.15, -0.1) is 0 Å². The van der Waals surface area contributed by atoms with Gasteiger partial charge >= 0.3 is 11.9 Å². The molecule has 0 rings (SSSR count). The summed E-state index contributed by atoms with van der Waals surface area (Å²) in [6.45, 7) is 28.8. The minimum Gasteiger partial charge on any atom is -0.466 e. The van der Waals surface area contributed by atoms with Crippen molar-refractivity contribution in [3.63, 3.8) is 0 Å². The van der Waals surface area contributed by atoms with Crippen LogP contribution in [0.2, 0.25) is 0 Å². The molecule has 146 heavy (non-hydrogen) atoms. The number of esters is 2. The number of hydrogen-bond donors (Lipinski definition) is 4. The van der Waals surface area contributed by atoms with Crippen molar-refractivity contribution in [2.75, 3.05) is 395 Å². The average molecular weight is 2130 g/mol. The van der Waals surface area contributed by atoms with E-state index in [-0.39, 0.29) is 61.5 Å². The van der Waals surface area contributed by atoms with Gasteiger partial charge in [0, 0.05) is 63.1 Å². The van der Waals surface area contributed by atoms with Gasteiger partial charge in [0.25, 0.3) is 0 Å². The van der Waals surface area contributed by atoms with Gasteiger partial charge in [0.05, 0.1) is 383 Å². The van der Waals surface area contributed by atoms with Gasteiger partial charge in [-0.05, 0) is 19.3 Å². The Morgan fingerprint density at radius 1 is 0.240 bits per heavy atom. The number of thioether (sulfide) groups is 1. The molecule has 0 aromatic carbocycles. The van der Waals surface area contributed by atoms with Crippen LogP contribution in [0.25, 0.3) is 0 Å². The first kappa shape index (κ1) is 142. The highest BCUT2D eigenvalue weighted by Crippen LogP contribution is 2.18. The summed E-state index contributed by atoms with van der Waals surface area (Å²) in [4.78, 5) is 74.1. The zero-order chi connectivity index (χ0) is 105. The van der Waals surface area contributed by atoms with Gasteiger partial charge in [0.15, 0.2) is 5.78 Å². The predicted molar refractivity (Wildman–Crippen MR) is 556 cm³/mol. The standard InChI is InChI=1S/C105H203N3O37S/c1-3-5-7-9-11-13-15-17-19-21-23-25-27-31-103(113)144-39-36-98(145-104(114)32-28-26-24-22-20-18-16-14-12-10-8-6-4-2)95-146-96-99(106)105(115)108-100(94-109)101(111)30-29-37-116-40-42-118-44-46-120-48-50-122-52-54-124-56-58-126-60-62-128-64-66-130-68-70-132-72-74-134-76-78-136-80-82-138-84-86-140-88-90-142-92-93-143-91-89-141-87-85-139-83-81-137-79-77-135-75-73-133-71-69-131-67-65-129-63-61-127-59-57-125-55-53-123-51-49-121-47-45-119-43-41-117-38-35-97(110)33-34-102(107)112/h98-100,109H,3-96,106H2,1-2H3,(H2,107,112)(H,108,115)/t98-,99-,100-/m0/s1. The van der Waals surface area contributed by atoms with Crippen molar-refractivity contribution in [3.05, 3.63) is 0 Å². The highest BCUT2D eigenvalue weighted by Gasteiger charge is 2.25. The Morgan fingerprint density at radius 3 is 0.692 bits per heavy atom. The Labute approximate surface area is 880 Å². The lowest BCUT2D eigenvalue weighted by Gasteiger charge is -2.20. The molecule has 0 fully saturated rings. The van der Waals surface area contributed by atoms with Crippen molar-refractivity contribution >= 4 is 47.1 Å². The molecular weight excluding hydrogens is 1930 g/mol. The minimum absolute atomic E-state index is 0.0463. The molecule has 41 heteroatoms. The van der Waals surface area contributed by atoms with Crippen LogP contribution in [0.4, 0.5) is 0 Å². The molecule has 0 unspecified atom stereocenters. The van der Waals surface area contributed by atoms with Crippen molar-refractivity contribution in [2.24, 2.45) is 11.5 Å². The van der Waals surface area contributed by atoms with Crippen LogP contribution in [0, 0.1) is 0 Å². The number of ether oxygens (including phenoxy) is 30. The number of ketones is 2. The molecule has 866 valence electrons. The first-order valence-electron chi connectivity index (χ1n) is 55.1. The molecule has 2 amide bonds. The Hall–Kier alpha value is -3.63. The van der Waals surface area contributed by atoms with Crippen molar-refractivity contribution < 1.29 is 176 Å². The Balaban J connectivity index is 3.55. The number of Topliss-reactive ketones (excluding diaryl/α,β-unsaturated/α-hetero) is 2. The molecule has 0 spiro atoms. The number of hydrogen-bond acceptors (Lipinski definition) is 39. The SMILES string of the molecule is CCCCCCCCCCCCCCCC(=O)OCC[C@@H](CSC[C@H](N)C(=O)N[C@@H](CO)C(=O)CCCOCCOCCOCCOCCOCCOCCOCCOCCOCCOCCOCCOCCOCCOCCOCCOCCOCCOCCOCCOCCOCCOCCOCCOCCOCCOCCOCCOCCC(=O)CCC(N)=O)OC(=O)CCCCCCCCCCCCCCC. The molecule has 0 heterocycles. The van der Waals surface area contributed by atoms with Gasteiger partial charge in [-0.1, -0.05) is 168 Å². The van der Waals surface area contributed by atoms with Crippen molar-refractivity contribution in [3.8, 4) is 0 Å². The third kappa shape index (κ3) is 119. The Bertz CT molecular complexity index is 2660. The number of carbonyl (C=O) groups excluding carboxylic acids is 6. The molecule has 3 atom stereocenters. The van der Waals surface area contributed by atoms with Gasteiger partial charge in [0.1, 0.15) is 17.9 Å². The van der Waals surface area contributed by atoms with E-state index >= 15 is 0 Å². The molecule has 0 aromatic rings. The summed E-state index contributed by atoms with van der Waals surface area (Å²) in [6, 6.07) is -2.09. The van der Waals surface area contributed by atoms with Crippen LogP contribution in [-0.4, -0.2) is 453 Å². The van der Waals surface area contributed by atoms with Crippen molar-refractivity contribution in [1.82, 2.24) is 5.32 Å². The van der Waals surface area contributed by atoms with E-state index in [0.717, 1.165) is 38.5 Å². The number of amides is 2. The summed E-state index contributed by atoms with van der Waals surface area (Å²) in [5, 5.41) is 12.6. The number of nitrogens with two attached hydrogens (primary N) is 2. The number of carbonyl (C=O) groups is 6. The van der Waals surface area contributed by atoms with Crippen LogP contribution >= 0.6 is 11.8 Å². The minimum atomic E-state index is -1.11. The molecule has 0 aliphatic heterocycles. The molecule has 0 saturated carbocycles. The lowest BCUT2D eigenvalue weighted by atomic mass is 10.0. The lowest BCUT2D eigenvalue weighted by molar-refractivity contribution is -0.150. The van der Waals surface area contributed by atoms with Crippen LogP contribution in [-0.2, 0) is 171 Å². The van der Waals surface area contributed by atoms with Gasteiger partial charge in [0.2, 0.25) is 11.8 Å². The topological polar surface area (TPSA) is 464 Å². The summed E-state index contributed by atoms with van der Waals surface area (Å²) >= 11 is 1.35. The quantitative estimate of drug-likeness (QED) is 0.0325. The van der Waals surface area contributed by atoms with E-state index in [1.54, 1.807) is 0 Å². The lowest BCUT2D eigenvalue weighted by Crippen LogP contribution is -2.51. The Kier molecular flexibility index (Phi) is 122. The Morgan fingerprint density at radius 2 is 0.459 bits per heavy atom. The molecule has 0 bridgehead atoms. The van der Waals surface area contributed by atoms with Crippen LogP contribution < -0.4 is 16.8 Å². The van der Waals surface area contributed by atoms with Crippen molar-refractivity contribution in [2.45, 2.75) is 250 Å². The van der Waals surface area contributed by atoms with E-state index in [9.17, 15) is 33.9 Å². The molecule has 0 aromatic heterocycles. The first-order chi connectivity index (χ1) is 72.0. The third-order valence-electron chi connectivity index (χ3n) is 21.7. The fourth-order valence-corrected chi connectivity index (χ4v) is 14.5. The van der Waals surface area contributed by atoms with Crippen LogP contribution in [0.3, 0.4) is 0 Å². The maximum Gasteiger partial charge on any atom is 0.306 e. The van der Waals surface area contributed by atoms with Gasteiger partial charge < -0.3 is 164 Å². The highest BCUT2D eigenvalue weighted by atomic mass is 32.2. The van der Waals surface area contributed by atoms with E-state index in [4.69, 9.17) is 154 Å². The summed E-state index contributed by atoms with van der Waals surface area (Å²) < 4.78 is 167. The second-order valence-corrected chi connectivity index (χ2v) is 35.5. The van der Waals surface area contributed by atoms with E-state index in [2.05, 4.69) is 19.2 Å². The number of nitrogens with one attached hydrogen (secondary N) is 1. The van der Waals surface area contributed by atoms with E-state index in [1.807, 2.05) is 0 Å². The maximum atomic E-state index is 13.1. The fraction of sp³-hybridized carbons (Fsp3) is 0.943. The van der Waals surface area contributed by atoms with E-state index < -0.39 is 36.6 Å². The number of unbranched alkanes of at least 4 members (excludes halogenated alkanes) is 24. The molecule has 0 aliphatic carbocycles. The van der Waals surface area contributed by atoms with Gasteiger partial charge in [-0.25, -0.2) is 0 Å². The smallest absolute Gasteiger partial charge is 0.306 e. The fourth-order valence-electron chi connectivity index (χ4n) is 13.4. The van der Waals surface area contributed by atoms with Crippen LogP contribution in [0.1, 0.15) is 232 Å². The number of aliphatic hydroxyl groups excluding tert-OH is 1. The summed E-state index contributed by atoms with van der Waals surface area (Å²) in [7, 11) is 0.